The zero-order chi connectivity index (χ0) is 20.1. The minimum Gasteiger partial charge on any atom is -0.349 e. The van der Waals surface area contributed by atoms with Crippen molar-refractivity contribution in [1.29, 1.82) is 0 Å². The molecule has 2 atom stereocenters. The average Bonchev–Trinajstić information content (AvgIpc) is 2.74. The van der Waals surface area contributed by atoms with Crippen molar-refractivity contribution < 1.29 is 9.59 Å². The number of carbonyl (C=O) groups excluding carboxylic acids is 2. The fraction of sp³-hybridized carbons (Fsp3) is 0.364. The molecule has 148 valence electrons. The first-order chi connectivity index (χ1) is 13.5. The molecule has 1 aliphatic rings. The quantitative estimate of drug-likeness (QED) is 0.713. The summed E-state index contributed by atoms with van der Waals surface area (Å²) < 4.78 is 0. The summed E-state index contributed by atoms with van der Waals surface area (Å²) in [6.45, 7) is 3.12. The number of hydrogen-bond donors (Lipinski definition) is 1. The second kappa shape index (κ2) is 9.48. The van der Waals surface area contributed by atoms with Crippen LogP contribution in [0.4, 0.5) is 0 Å². The fourth-order valence-electron chi connectivity index (χ4n) is 3.46. The van der Waals surface area contributed by atoms with Crippen LogP contribution in [0, 0.1) is 5.92 Å². The molecule has 1 fully saturated rings. The first-order valence-corrected chi connectivity index (χ1v) is 11.1. The number of rotatable bonds is 5. The number of hydrogen-bond acceptors (Lipinski definition) is 3. The van der Waals surface area contributed by atoms with Crippen molar-refractivity contribution in [2.75, 3.05) is 19.3 Å². The molecule has 0 aromatic heterocycles. The van der Waals surface area contributed by atoms with Gasteiger partial charge >= 0.3 is 0 Å². The number of likely N-dealkylation sites (tertiary alicyclic amines) is 1. The molecule has 0 radical (unpaired) electrons. The van der Waals surface area contributed by atoms with Crippen molar-refractivity contribution in [3.63, 3.8) is 0 Å². The van der Waals surface area contributed by atoms with Gasteiger partial charge in [0.2, 0.25) is 5.91 Å². The minimum atomic E-state index is -0.182. The molecular weight excluding hydrogens is 392 g/mol. The molecule has 6 heteroatoms. The summed E-state index contributed by atoms with van der Waals surface area (Å²) in [6.07, 6.45) is 3.67. The summed E-state index contributed by atoms with van der Waals surface area (Å²) in [5.74, 6) is -0.220. The molecule has 4 nitrogen and oxygen atoms in total. The van der Waals surface area contributed by atoms with E-state index >= 15 is 0 Å². The maximum Gasteiger partial charge on any atom is 0.253 e. The molecule has 0 spiro atoms. The van der Waals surface area contributed by atoms with E-state index in [4.69, 9.17) is 11.6 Å². The molecular formula is C22H25ClN2O2S. The smallest absolute Gasteiger partial charge is 0.253 e. The lowest BCUT2D eigenvalue weighted by Gasteiger charge is -2.32. The van der Waals surface area contributed by atoms with Crippen molar-refractivity contribution in [3.05, 3.63) is 64.7 Å². The van der Waals surface area contributed by atoms with E-state index in [-0.39, 0.29) is 23.8 Å². The van der Waals surface area contributed by atoms with Gasteiger partial charge in [-0.15, -0.1) is 11.8 Å². The number of halogens is 1. The Morgan fingerprint density at radius 1 is 1.14 bits per heavy atom. The number of amides is 2. The van der Waals surface area contributed by atoms with E-state index in [0.29, 0.717) is 23.7 Å². The van der Waals surface area contributed by atoms with Crippen molar-refractivity contribution in [2.24, 2.45) is 5.92 Å². The van der Waals surface area contributed by atoms with Crippen LogP contribution in [0.25, 0.3) is 0 Å². The number of benzene rings is 2. The lowest BCUT2D eigenvalue weighted by molar-refractivity contribution is -0.127. The summed E-state index contributed by atoms with van der Waals surface area (Å²) in [7, 11) is 0. The topological polar surface area (TPSA) is 49.4 Å². The summed E-state index contributed by atoms with van der Waals surface area (Å²) >= 11 is 7.60. The van der Waals surface area contributed by atoms with Crippen LogP contribution in [-0.4, -0.2) is 36.1 Å². The maximum atomic E-state index is 12.8. The van der Waals surface area contributed by atoms with Gasteiger partial charge in [-0.3, -0.25) is 9.59 Å². The van der Waals surface area contributed by atoms with E-state index in [2.05, 4.69) is 17.4 Å². The molecule has 1 aliphatic heterocycles. The molecule has 1 saturated heterocycles. The van der Waals surface area contributed by atoms with Crippen molar-refractivity contribution in [1.82, 2.24) is 10.2 Å². The first kappa shape index (κ1) is 20.7. The van der Waals surface area contributed by atoms with Gasteiger partial charge in [0, 0.05) is 28.6 Å². The third kappa shape index (κ3) is 5.09. The van der Waals surface area contributed by atoms with Crippen LogP contribution in [0.5, 0.6) is 0 Å². The van der Waals surface area contributed by atoms with E-state index < -0.39 is 0 Å². The molecule has 0 bridgehead atoms. The standard InChI is InChI=1S/C22H25ClN2O2S/c1-15(16-7-11-20(28-2)12-8-16)24-21(26)18-4-3-13-25(14-18)22(27)17-5-9-19(23)10-6-17/h5-12,15,18H,3-4,13-14H2,1-2H3,(H,24,26). The molecule has 1 N–H and O–H groups in total. The van der Waals surface area contributed by atoms with Crippen LogP contribution in [0.15, 0.2) is 53.4 Å². The molecule has 2 aromatic carbocycles. The maximum absolute atomic E-state index is 12.8. The summed E-state index contributed by atoms with van der Waals surface area (Å²) in [6, 6.07) is 15.1. The SMILES string of the molecule is CSc1ccc(C(C)NC(=O)C2CCCN(C(=O)c3ccc(Cl)cc3)C2)cc1. The molecule has 2 amide bonds. The second-order valence-corrected chi connectivity index (χ2v) is 8.42. The molecule has 3 rings (SSSR count). The molecule has 0 aliphatic carbocycles. The Labute approximate surface area is 175 Å². The van der Waals surface area contributed by atoms with Crippen molar-refractivity contribution >= 4 is 35.2 Å². The van der Waals surface area contributed by atoms with Gasteiger partial charge in [-0.25, -0.2) is 0 Å². The van der Waals surface area contributed by atoms with Crippen LogP contribution in [0.2, 0.25) is 5.02 Å². The molecule has 2 aromatic rings. The van der Waals surface area contributed by atoms with Crippen molar-refractivity contribution in [3.8, 4) is 0 Å². The lowest BCUT2D eigenvalue weighted by Crippen LogP contribution is -2.45. The van der Waals surface area contributed by atoms with E-state index in [0.717, 1.165) is 18.4 Å². The number of nitrogens with zero attached hydrogens (tertiary/aromatic N) is 1. The molecule has 1 heterocycles. The van der Waals surface area contributed by atoms with Crippen molar-refractivity contribution in [2.45, 2.75) is 30.7 Å². The first-order valence-electron chi connectivity index (χ1n) is 9.47. The van der Waals surface area contributed by atoms with Crippen LogP contribution >= 0.6 is 23.4 Å². The van der Waals surface area contributed by atoms with Crippen LogP contribution in [0.1, 0.15) is 41.7 Å². The van der Waals surface area contributed by atoms with Gasteiger partial charge in [-0.05, 0) is 68.0 Å². The van der Waals surface area contributed by atoms with Gasteiger partial charge < -0.3 is 10.2 Å². The zero-order valence-electron chi connectivity index (χ0n) is 16.2. The monoisotopic (exact) mass is 416 g/mol. The predicted octanol–water partition coefficient (Wildman–Crippen LogP) is 4.79. The summed E-state index contributed by atoms with van der Waals surface area (Å²) in [4.78, 5) is 28.5. The van der Waals surface area contributed by atoms with Crippen LogP contribution < -0.4 is 5.32 Å². The van der Waals surface area contributed by atoms with Gasteiger partial charge in [-0.2, -0.15) is 0 Å². The number of thioether (sulfide) groups is 1. The van der Waals surface area contributed by atoms with Gasteiger partial charge in [0.15, 0.2) is 0 Å². The highest BCUT2D eigenvalue weighted by Crippen LogP contribution is 2.22. The van der Waals surface area contributed by atoms with E-state index in [9.17, 15) is 9.59 Å². The van der Waals surface area contributed by atoms with Crippen LogP contribution in [0.3, 0.4) is 0 Å². The molecule has 2 unspecified atom stereocenters. The fourth-order valence-corrected chi connectivity index (χ4v) is 3.99. The highest BCUT2D eigenvalue weighted by atomic mass is 35.5. The third-order valence-electron chi connectivity index (χ3n) is 5.15. The highest BCUT2D eigenvalue weighted by molar-refractivity contribution is 7.98. The average molecular weight is 417 g/mol. The highest BCUT2D eigenvalue weighted by Gasteiger charge is 2.29. The summed E-state index contributed by atoms with van der Waals surface area (Å²) in [5, 5.41) is 3.71. The van der Waals surface area contributed by atoms with Gasteiger partial charge in [-0.1, -0.05) is 23.7 Å². The zero-order valence-corrected chi connectivity index (χ0v) is 17.7. The van der Waals surface area contributed by atoms with Gasteiger partial charge in [0.05, 0.1) is 12.0 Å². The third-order valence-corrected chi connectivity index (χ3v) is 6.14. The Morgan fingerprint density at radius 3 is 2.46 bits per heavy atom. The Morgan fingerprint density at radius 2 is 1.82 bits per heavy atom. The number of piperidine rings is 1. The lowest BCUT2D eigenvalue weighted by atomic mass is 9.95. The van der Waals surface area contributed by atoms with E-state index in [1.165, 1.54) is 4.90 Å². The Balaban J connectivity index is 1.60. The molecule has 0 saturated carbocycles. The minimum absolute atomic E-state index is 0.00930. The Kier molecular flexibility index (Phi) is 7.03. The molecule has 28 heavy (non-hydrogen) atoms. The summed E-state index contributed by atoms with van der Waals surface area (Å²) in [5.41, 5.74) is 1.68. The normalized spacial score (nSPS) is 17.8. The van der Waals surface area contributed by atoms with Gasteiger partial charge in [0.25, 0.3) is 5.91 Å². The van der Waals surface area contributed by atoms with Crippen LogP contribution in [-0.2, 0) is 4.79 Å². The van der Waals surface area contributed by atoms with E-state index in [1.54, 1.807) is 40.9 Å². The Hall–Kier alpha value is -1.98. The number of carbonyl (C=O) groups is 2. The predicted molar refractivity (Wildman–Crippen MR) is 115 cm³/mol. The second-order valence-electron chi connectivity index (χ2n) is 7.10. The largest absolute Gasteiger partial charge is 0.349 e. The van der Waals surface area contributed by atoms with E-state index in [1.807, 2.05) is 25.3 Å². The number of nitrogens with one attached hydrogen (secondary N) is 1. The van der Waals surface area contributed by atoms with Gasteiger partial charge in [0.1, 0.15) is 0 Å². The Bertz CT molecular complexity index is 823.